The second-order valence-corrected chi connectivity index (χ2v) is 3.41. The molecule has 0 aliphatic heterocycles. The first-order chi connectivity index (χ1) is 8.68. The fourth-order valence-corrected chi connectivity index (χ4v) is 1.28. The van der Waals surface area contributed by atoms with E-state index in [9.17, 15) is 4.79 Å². The van der Waals surface area contributed by atoms with Gasteiger partial charge in [0.25, 0.3) is 0 Å². The van der Waals surface area contributed by atoms with Crippen LogP contribution in [0.3, 0.4) is 0 Å². The second-order valence-electron chi connectivity index (χ2n) is 3.41. The van der Waals surface area contributed by atoms with Crippen molar-refractivity contribution in [2.75, 3.05) is 5.32 Å². The predicted octanol–water partition coefficient (Wildman–Crippen LogP) is 0.441. The van der Waals surface area contributed by atoms with Gasteiger partial charge in [0, 0.05) is 12.4 Å². The second kappa shape index (κ2) is 5.04. The summed E-state index contributed by atoms with van der Waals surface area (Å²) in [7, 11) is 0. The molecule has 0 amide bonds. The highest BCUT2D eigenvalue weighted by Crippen LogP contribution is 2.12. The molecule has 2 heterocycles. The minimum absolute atomic E-state index is 0.00332. The van der Waals surface area contributed by atoms with Crippen molar-refractivity contribution in [1.29, 1.82) is 0 Å². The number of nitrogens with zero attached hydrogens (tertiary/aromatic N) is 4. The van der Waals surface area contributed by atoms with E-state index in [0.29, 0.717) is 5.82 Å². The summed E-state index contributed by atoms with van der Waals surface area (Å²) in [5.74, 6) is -0.583. The zero-order valence-electron chi connectivity index (χ0n) is 9.45. The third kappa shape index (κ3) is 2.48. The zero-order chi connectivity index (χ0) is 13.0. The van der Waals surface area contributed by atoms with E-state index in [1.165, 1.54) is 6.20 Å². The average molecular weight is 246 g/mol. The summed E-state index contributed by atoms with van der Waals surface area (Å²) >= 11 is 0. The Kier molecular flexibility index (Phi) is 3.28. The number of anilines is 1. The smallest absolute Gasteiger partial charge is 0.341 e. The first-order valence-corrected chi connectivity index (χ1v) is 5.04. The molecule has 0 aliphatic rings. The molecule has 0 aliphatic carbocycles. The third-order valence-electron chi connectivity index (χ3n) is 2.18. The molecule has 92 valence electrons. The molecule has 0 bridgehead atoms. The van der Waals surface area contributed by atoms with Gasteiger partial charge in [0.2, 0.25) is 5.82 Å². The van der Waals surface area contributed by atoms with Crippen LogP contribution in [0.15, 0.2) is 24.5 Å². The topological polar surface area (TPSA) is 117 Å². The Morgan fingerprint density at radius 1 is 1.56 bits per heavy atom. The van der Waals surface area contributed by atoms with Crippen molar-refractivity contribution in [1.82, 2.24) is 25.6 Å². The largest absolute Gasteiger partial charge is 0.477 e. The highest BCUT2D eigenvalue weighted by molar-refractivity contribution is 6.14. The molecule has 0 spiro atoms. The Hall–Kier alpha value is -2.77. The Labute approximate surface area is 102 Å². The average Bonchev–Trinajstić information content (AvgIpc) is 2.85. The minimum Gasteiger partial charge on any atom is -0.477 e. The van der Waals surface area contributed by atoms with Gasteiger partial charge in [-0.2, -0.15) is 5.21 Å². The van der Waals surface area contributed by atoms with Gasteiger partial charge in [0.1, 0.15) is 11.4 Å². The number of H-pyrrole nitrogens is 1. The molecule has 0 saturated carbocycles. The van der Waals surface area contributed by atoms with E-state index in [2.05, 4.69) is 30.9 Å². The molecule has 0 unspecified atom stereocenters. The van der Waals surface area contributed by atoms with Crippen molar-refractivity contribution in [3.63, 3.8) is 0 Å². The summed E-state index contributed by atoms with van der Waals surface area (Å²) < 4.78 is 0. The van der Waals surface area contributed by atoms with Gasteiger partial charge in [-0.25, -0.2) is 9.78 Å². The molecule has 3 N–H and O–H groups in total. The lowest BCUT2D eigenvalue weighted by molar-refractivity contribution is -0.130. The molecule has 0 saturated heterocycles. The van der Waals surface area contributed by atoms with E-state index in [1.807, 2.05) is 13.0 Å². The van der Waals surface area contributed by atoms with Gasteiger partial charge in [0.05, 0.1) is 0 Å². The summed E-state index contributed by atoms with van der Waals surface area (Å²) in [4.78, 5) is 15.1. The fraction of sp³-hybridized carbons (Fsp3) is 0.100. The van der Waals surface area contributed by atoms with Crippen molar-refractivity contribution in [3.05, 3.63) is 35.9 Å². The number of rotatable bonds is 4. The van der Waals surface area contributed by atoms with E-state index >= 15 is 0 Å². The molecule has 8 nitrogen and oxygen atoms in total. The Morgan fingerprint density at radius 2 is 2.39 bits per heavy atom. The van der Waals surface area contributed by atoms with E-state index in [-0.39, 0.29) is 11.4 Å². The molecular weight excluding hydrogens is 236 g/mol. The summed E-state index contributed by atoms with van der Waals surface area (Å²) in [6, 6.07) is 3.65. The van der Waals surface area contributed by atoms with Crippen molar-refractivity contribution < 1.29 is 9.90 Å². The number of aryl methyl sites for hydroxylation is 1. The maximum absolute atomic E-state index is 11.1. The highest BCUT2D eigenvalue weighted by atomic mass is 16.4. The van der Waals surface area contributed by atoms with Crippen LogP contribution in [-0.2, 0) is 4.79 Å². The fourth-order valence-electron chi connectivity index (χ4n) is 1.28. The van der Waals surface area contributed by atoms with Gasteiger partial charge in [0.15, 0.2) is 0 Å². The first kappa shape index (κ1) is 11.7. The lowest BCUT2D eigenvalue weighted by Crippen LogP contribution is -2.05. The van der Waals surface area contributed by atoms with Crippen molar-refractivity contribution in [3.8, 4) is 0 Å². The number of tetrazole rings is 1. The number of hydrogen-bond acceptors (Lipinski definition) is 6. The number of aliphatic carboxylic acids is 1. The molecule has 0 atom stereocenters. The lowest BCUT2D eigenvalue weighted by atomic mass is 10.2. The molecule has 0 aromatic carbocycles. The number of aromatic nitrogens is 5. The van der Waals surface area contributed by atoms with Crippen molar-refractivity contribution >= 4 is 17.4 Å². The highest BCUT2D eigenvalue weighted by Gasteiger charge is 2.14. The van der Waals surface area contributed by atoms with Gasteiger partial charge in [-0.3, -0.25) is 0 Å². The van der Waals surface area contributed by atoms with E-state index in [1.54, 1.807) is 12.3 Å². The quantitative estimate of drug-likeness (QED) is 0.670. The summed E-state index contributed by atoms with van der Waals surface area (Å²) in [6.45, 7) is 1.86. The maximum Gasteiger partial charge on any atom is 0.341 e. The number of aromatic amines is 1. The van der Waals surface area contributed by atoms with E-state index in [4.69, 9.17) is 5.11 Å². The zero-order valence-corrected chi connectivity index (χ0v) is 9.45. The van der Waals surface area contributed by atoms with Crippen LogP contribution in [0, 0.1) is 6.92 Å². The van der Waals surface area contributed by atoms with E-state index in [0.717, 1.165) is 5.56 Å². The number of carboxylic acids is 1. The normalized spacial score (nSPS) is 11.3. The van der Waals surface area contributed by atoms with Crippen LogP contribution in [0.5, 0.6) is 0 Å². The molecule has 18 heavy (non-hydrogen) atoms. The molecular formula is C10H10N6O2. The molecule has 2 aromatic rings. The molecule has 8 heteroatoms. The Bertz CT molecular complexity index is 578. The SMILES string of the molecule is Cc1cccnc1N/C=C(\C(=O)O)c1nn[nH]n1. The molecule has 0 fully saturated rings. The van der Waals surface area contributed by atoms with Gasteiger partial charge in [-0.05, 0) is 23.8 Å². The van der Waals surface area contributed by atoms with Crippen molar-refractivity contribution in [2.24, 2.45) is 0 Å². The number of carboxylic acid groups (broad SMARTS) is 1. The summed E-state index contributed by atoms with van der Waals surface area (Å²) in [6.07, 6.45) is 2.89. The van der Waals surface area contributed by atoms with Gasteiger partial charge in [-0.1, -0.05) is 6.07 Å². The first-order valence-electron chi connectivity index (χ1n) is 5.04. The van der Waals surface area contributed by atoms with Crippen LogP contribution < -0.4 is 5.32 Å². The van der Waals surface area contributed by atoms with Crippen LogP contribution in [0.2, 0.25) is 0 Å². The summed E-state index contributed by atoms with van der Waals surface area (Å²) in [5.41, 5.74) is 0.792. The van der Waals surface area contributed by atoms with E-state index < -0.39 is 5.97 Å². The standard InChI is InChI=1S/C10H10N6O2/c1-6-3-2-4-11-8(6)12-5-7(10(17)18)9-13-15-16-14-9/h2-5H,1H3,(H,11,12)(H,17,18)(H,13,14,15,16)/b7-5-. The minimum atomic E-state index is -1.16. The van der Waals surface area contributed by atoms with Gasteiger partial charge < -0.3 is 10.4 Å². The Balaban J connectivity index is 2.26. The van der Waals surface area contributed by atoms with Gasteiger partial charge >= 0.3 is 5.97 Å². The number of pyridine rings is 1. The van der Waals surface area contributed by atoms with Crippen LogP contribution >= 0.6 is 0 Å². The number of hydrogen-bond donors (Lipinski definition) is 3. The Morgan fingerprint density at radius 3 is 3.00 bits per heavy atom. The number of carbonyl (C=O) groups is 1. The maximum atomic E-state index is 11.1. The van der Waals surface area contributed by atoms with Crippen LogP contribution in [-0.4, -0.2) is 36.7 Å². The summed E-state index contributed by atoms with van der Waals surface area (Å²) in [5, 5.41) is 24.6. The monoisotopic (exact) mass is 246 g/mol. The molecule has 2 aromatic heterocycles. The lowest BCUT2D eigenvalue weighted by Gasteiger charge is -2.04. The third-order valence-corrected chi connectivity index (χ3v) is 2.18. The van der Waals surface area contributed by atoms with Crippen LogP contribution in [0.4, 0.5) is 5.82 Å². The molecule has 2 rings (SSSR count). The van der Waals surface area contributed by atoms with Crippen LogP contribution in [0.25, 0.3) is 5.57 Å². The van der Waals surface area contributed by atoms with Crippen LogP contribution in [0.1, 0.15) is 11.4 Å². The van der Waals surface area contributed by atoms with Crippen molar-refractivity contribution in [2.45, 2.75) is 6.92 Å². The van der Waals surface area contributed by atoms with Gasteiger partial charge in [-0.15, -0.1) is 10.2 Å². The predicted molar refractivity (Wildman–Crippen MR) is 62.4 cm³/mol. The number of nitrogens with one attached hydrogen (secondary N) is 2. The molecule has 0 radical (unpaired) electrons.